The Kier molecular flexibility index (Phi) is 24.0. The molecule has 5 N–H and O–H groups in total. The average Bonchev–Trinajstić information content (AvgIpc) is 3.37. The molecule has 3 fully saturated rings. The van der Waals surface area contributed by atoms with Gasteiger partial charge in [-0.05, 0) is 73.9 Å². The second-order valence-electron chi connectivity index (χ2n) is 24.1. The molecule has 2 aliphatic heterocycles. The quantitative estimate of drug-likeness (QED) is 0.0487. The summed E-state index contributed by atoms with van der Waals surface area (Å²) < 4.78 is 47.5. The molecule has 1 amide bonds. The molecule has 75 heavy (non-hydrogen) atoms. The van der Waals surface area contributed by atoms with Gasteiger partial charge in [0.2, 0.25) is 5.91 Å². The Hall–Kier alpha value is -2.65. The number of amides is 1. The van der Waals surface area contributed by atoms with Gasteiger partial charge in [0.25, 0.3) is 0 Å². The Labute approximate surface area is 450 Å². The van der Waals surface area contributed by atoms with E-state index in [1.54, 1.807) is 32.6 Å². The predicted molar refractivity (Wildman–Crippen MR) is 297 cm³/mol. The number of hydrogen-bond donors (Lipinski definition) is 5. The van der Waals surface area contributed by atoms with Crippen LogP contribution in [0.2, 0.25) is 0 Å². The Balaban J connectivity index is 1.18. The number of carbonyl (C=O) groups excluding carboxylic acids is 2. The largest absolute Gasteiger partial charge is 0.388 e. The van der Waals surface area contributed by atoms with Gasteiger partial charge in [0.05, 0.1) is 35.9 Å². The molecule has 14 atom stereocenters. The molecular formula is C60H99F2N2O10P. The first-order valence-electron chi connectivity index (χ1n) is 28.8. The number of likely N-dealkylation sites (N-methyl/N-ethyl adjacent to an activating group) is 1. The van der Waals surface area contributed by atoms with E-state index in [2.05, 4.69) is 48.5 Å². The van der Waals surface area contributed by atoms with Crippen LogP contribution in [0.5, 0.6) is 0 Å². The van der Waals surface area contributed by atoms with Crippen molar-refractivity contribution in [2.75, 3.05) is 26.8 Å². The van der Waals surface area contributed by atoms with Crippen LogP contribution in [0, 0.1) is 17.8 Å². The maximum Gasteiger partial charge on any atom is 0.126 e. The first-order chi connectivity index (χ1) is 35.4. The molecule has 3 aliphatic rings. The molecule has 2 aromatic carbocycles. The molecule has 2 heterocycles. The summed E-state index contributed by atoms with van der Waals surface area (Å²) in [6.07, 6.45) is 5.65. The van der Waals surface area contributed by atoms with E-state index < -0.39 is 85.0 Å². The Morgan fingerprint density at radius 2 is 1.32 bits per heavy atom. The van der Waals surface area contributed by atoms with Crippen LogP contribution in [0.15, 0.2) is 60.7 Å². The minimum Gasteiger partial charge on any atom is -0.388 e. The molecule has 12 nitrogen and oxygen atoms in total. The van der Waals surface area contributed by atoms with Crippen molar-refractivity contribution in [3.8, 4) is 0 Å². The van der Waals surface area contributed by atoms with Crippen molar-refractivity contribution < 1.29 is 58.1 Å². The number of aliphatic hydroxyl groups is 5. The molecule has 0 radical (unpaired) electrons. The van der Waals surface area contributed by atoms with Crippen LogP contribution in [0.25, 0.3) is 0 Å². The number of rotatable bonds is 20. The number of alkyl halides is 2. The van der Waals surface area contributed by atoms with E-state index in [0.717, 1.165) is 63.9 Å². The smallest absolute Gasteiger partial charge is 0.126 e. The second kappa shape index (κ2) is 28.5. The van der Waals surface area contributed by atoms with Crippen molar-refractivity contribution in [1.82, 2.24) is 9.80 Å². The number of aliphatic hydroxyl groups excluding tert-OH is 3. The zero-order valence-electron chi connectivity index (χ0n) is 47.3. The van der Waals surface area contributed by atoms with Crippen molar-refractivity contribution in [3.05, 3.63) is 60.7 Å². The van der Waals surface area contributed by atoms with E-state index in [0.29, 0.717) is 25.7 Å². The average molecular weight is 1080 g/mol. The fraction of sp³-hybridized carbons (Fsp3) is 0.767. The van der Waals surface area contributed by atoms with Gasteiger partial charge in [-0.25, -0.2) is 0 Å². The molecule has 0 bridgehead atoms. The minimum absolute atomic E-state index is 0.0220. The summed E-state index contributed by atoms with van der Waals surface area (Å²) in [6.45, 7) is 13.5. The van der Waals surface area contributed by atoms with Crippen LogP contribution in [0.4, 0.5) is 8.78 Å². The van der Waals surface area contributed by atoms with Crippen molar-refractivity contribution in [2.45, 2.75) is 249 Å². The summed E-state index contributed by atoms with van der Waals surface area (Å²) in [6, 6.07) is 20.3. The third-order valence-electron chi connectivity index (χ3n) is 17.7. The summed E-state index contributed by atoms with van der Waals surface area (Å²) in [5, 5.41) is 62.3. The van der Waals surface area contributed by atoms with E-state index in [1.165, 1.54) is 24.5 Å². The minimum atomic E-state index is -2.56. The van der Waals surface area contributed by atoms with E-state index >= 15 is 0 Å². The topological polar surface area (TPSA) is 169 Å². The fourth-order valence-electron chi connectivity index (χ4n) is 13.2. The zero-order chi connectivity index (χ0) is 55.3. The van der Waals surface area contributed by atoms with Crippen LogP contribution < -0.4 is 10.6 Å². The molecule has 428 valence electrons. The number of cyclic esters (lactones) is 1. The van der Waals surface area contributed by atoms with Crippen molar-refractivity contribution in [2.24, 2.45) is 17.8 Å². The number of ether oxygens (including phenoxy) is 3. The number of carbonyl (C=O) groups is 2. The van der Waals surface area contributed by atoms with Gasteiger partial charge in [-0.1, -0.05) is 20.8 Å². The second-order valence-corrected chi connectivity index (χ2v) is 28.5. The summed E-state index contributed by atoms with van der Waals surface area (Å²) >= 11 is 0. The summed E-state index contributed by atoms with van der Waals surface area (Å²) in [4.78, 5) is 31.6. The Bertz CT molecular complexity index is 1970. The number of unbranched alkanes of at least 4 members (excludes halogenated alkanes) is 9. The predicted octanol–water partition coefficient (Wildman–Crippen LogP) is 9.14. The van der Waals surface area contributed by atoms with E-state index in [-0.39, 0.29) is 68.3 Å². The zero-order valence-corrected chi connectivity index (χ0v) is 48.3. The molecule has 0 aromatic heterocycles. The summed E-state index contributed by atoms with van der Waals surface area (Å²) in [7, 11) is 1.40. The van der Waals surface area contributed by atoms with Crippen LogP contribution in [0.1, 0.15) is 171 Å². The van der Waals surface area contributed by atoms with Gasteiger partial charge in [0.15, 0.2) is 6.29 Å². The molecule has 5 rings (SSSR count). The number of hydrogen-bond acceptors (Lipinski definition) is 11. The standard InChI is InChI=1S/C60H99F2N2O10P/c1-11-50-59(8,71)54(68)45(6)64(40-41(2)39-58(7,70)55(43(4)52(66)44(5)56(69)73-50)74-57-53(67)49(63(9)10)38-42(3)72-57)51(65)32-26-18-16-14-12-13-15-17-19-27-37-75(46-28-22-20-23-29-46,47-30-24-21-25-31-47)48-33-35-60(61,62)36-34-48/h20-25,28-31,41-45,48-50,52-55,57,66-68,70-71,75H,11-19,26-27,32-40H2,1-10H3/t41-,42-,43+,44-,45-,49+,50-,52+,53-,54-,55-,57+,58-,59-/m1/s1. The van der Waals surface area contributed by atoms with E-state index in [1.807, 2.05) is 45.0 Å². The maximum atomic E-state index is 14.5. The van der Waals surface area contributed by atoms with Crippen molar-refractivity contribution in [1.29, 1.82) is 0 Å². The Morgan fingerprint density at radius 3 is 1.84 bits per heavy atom. The third-order valence-corrected chi connectivity index (χ3v) is 23.5. The van der Waals surface area contributed by atoms with Gasteiger partial charge < -0.3 is 49.5 Å². The fourth-order valence-corrected chi connectivity index (χ4v) is 19.1. The van der Waals surface area contributed by atoms with Crippen molar-refractivity contribution in [3.63, 3.8) is 0 Å². The van der Waals surface area contributed by atoms with Crippen LogP contribution in [-0.4, -0.2) is 152 Å². The van der Waals surface area contributed by atoms with E-state index in [9.17, 15) is 43.9 Å². The first-order valence-corrected chi connectivity index (χ1v) is 31.1. The van der Waals surface area contributed by atoms with Crippen LogP contribution in [-0.2, 0) is 23.8 Å². The molecule has 0 unspecified atom stereocenters. The first kappa shape index (κ1) is 63.2. The van der Waals surface area contributed by atoms with Gasteiger partial charge in [-0.3, -0.25) is 9.59 Å². The van der Waals surface area contributed by atoms with Gasteiger partial charge in [0, 0.05) is 18.5 Å². The SMILES string of the molecule is CC[C@H]1OC(=O)[C@H](C)[C@@H](O)[C@H](C)[C@@H](O[C@@H]2O[C@H](C)C[C@H](N(C)C)[C@H]2O)[C@](C)(O)C[C@@H](C)CN(C(=O)CCCCCCCCCCCC[PH](c2ccccc2)(c2ccccc2)C2CCC(F)(F)CC2)[C@H](C)[C@@H](O)[C@]1(C)O. The van der Waals surface area contributed by atoms with Crippen molar-refractivity contribution >= 4 is 29.7 Å². The van der Waals surface area contributed by atoms with Gasteiger partial charge >= 0.3 is 207 Å². The monoisotopic (exact) mass is 1080 g/mol. The number of esters is 1. The third kappa shape index (κ3) is 16.5. The molecule has 0 spiro atoms. The molecular weight excluding hydrogens is 978 g/mol. The maximum absolute atomic E-state index is 14.5. The van der Waals surface area contributed by atoms with Crippen LogP contribution >= 0.6 is 7.26 Å². The molecule has 15 heteroatoms. The van der Waals surface area contributed by atoms with Gasteiger partial charge in [-0.15, -0.1) is 0 Å². The molecule has 1 saturated carbocycles. The number of halogens is 2. The van der Waals surface area contributed by atoms with Crippen LogP contribution in [0.3, 0.4) is 0 Å². The normalized spacial score (nSPS) is 34.1. The number of benzene rings is 2. The summed E-state index contributed by atoms with van der Waals surface area (Å²) in [5.74, 6) is -5.96. The molecule has 2 saturated heterocycles. The summed E-state index contributed by atoms with van der Waals surface area (Å²) in [5.41, 5.74) is -3.36. The molecule has 2 aromatic rings. The van der Waals surface area contributed by atoms with Gasteiger partial charge in [0.1, 0.15) is 23.9 Å². The Morgan fingerprint density at radius 1 is 0.800 bits per heavy atom. The molecule has 1 aliphatic carbocycles. The number of nitrogens with zero attached hydrogens (tertiary/aromatic N) is 2. The van der Waals surface area contributed by atoms with E-state index in [4.69, 9.17) is 14.2 Å². The van der Waals surface area contributed by atoms with Gasteiger partial charge in [-0.2, -0.15) is 0 Å².